The summed E-state index contributed by atoms with van der Waals surface area (Å²) in [4.78, 5) is 22.7. The van der Waals surface area contributed by atoms with Gasteiger partial charge in [0.05, 0.1) is 5.69 Å². The minimum absolute atomic E-state index is 0.101. The molecule has 0 radical (unpaired) electrons. The number of fused-ring (bicyclic) bond motifs is 1. The van der Waals surface area contributed by atoms with Crippen LogP contribution in [0.5, 0.6) is 5.75 Å². The number of benzene rings is 2. The molecule has 2 aromatic rings. The summed E-state index contributed by atoms with van der Waals surface area (Å²) in [7, 11) is 0. The summed E-state index contributed by atoms with van der Waals surface area (Å²) < 4.78 is 5.54. The zero-order chi connectivity index (χ0) is 15.7. The summed E-state index contributed by atoms with van der Waals surface area (Å²) in [5.41, 5.74) is 3.38. The van der Waals surface area contributed by atoms with Gasteiger partial charge >= 0.3 is 0 Å². The Kier molecular flexibility index (Phi) is 3.55. The molecular formula is C17H16N2O3. The lowest BCUT2D eigenvalue weighted by Crippen LogP contribution is -2.34. The second-order valence-electron chi connectivity index (χ2n) is 5.22. The summed E-state index contributed by atoms with van der Waals surface area (Å²) in [5, 5.41) is 5.56. The lowest BCUT2D eigenvalue weighted by Gasteiger charge is -2.23. The van der Waals surface area contributed by atoms with Gasteiger partial charge in [0.25, 0.3) is 5.91 Å². The van der Waals surface area contributed by atoms with Crippen LogP contribution in [0.2, 0.25) is 0 Å². The Morgan fingerprint density at radius 3 is 2.50 bits per heavy atom. The number of anilines is 2. The van der Waals surface area contributed by atoms with Gasteiger partial charge in [0, 0.05) is 12.6 Å². The molecule has 2 amide bonds. The minimum Gasteiger partial charge on any atom is -0.479 e. The van der Waals surface area contributed by atoms with Crippen molar-refractivity contribution in [2.24, 2.45) is 0 Å². The number of hydrogen-bond acceptors (Lipinski definition) is 3. The van der Waals surface area contributed by atoms with Gasteiger partial charge in [0.1, 0.15) is 5.75 Å². The lowest BCUT2D eigenvalue weighted by molar-refractivity contribution is -0.122. The quantitative estimate of drug-likeness (QED) is 0.895. The van der Waals surface area contributed by atoms with E-state index in [1.54, 1.807) is 6.92 Å². The third-order valence-electron chi connectivity index (χ3n) is 3.45. The monoisotopic (exact) mass is 296 g/mol. The van der Waals surface area contributed by atoms with Gasteiger partial charge in [-0.05, 0) is 42.3 Å². The van der Waals surface area contributed by atoms with Crippen molar-refractivity contribution in [1.29, 1.82) is 0 Å². The molecule has 3 rings (SSSR count). The first-order chi connectivity index (χ1) is 10.5. The molecule has 0 aromatic heterocycles. The molecule has 0 saturated heterocycles. The van der Waals surface area contributed by atoms with E-state index in [0.717, 1.165) is 16.8 Å². The maximum Gasteiger partial charge on any atom is 0.265 e. The minimum atomic E-state index is -0.477. The molecule has 2 aromatic carbocycles. The van der Waals surface area contributed by atoms with Crippen molar-refractivity contribution in [3.05, 3.63) is 42.5 Å². The average Bonchev–Trinajstić information content (AvgIpc) is 2.48. The first kappa shape index (κ1) is 14.1. The van der Waals surface area contributed by atoms with Crippen molar-refractivity contribution in [2.45, 2.75) is 20.0 Å². The van der Waals surface area contributed by atoms with E-state index in [2.05, 4.69) is 10.6 Å². The fourth-order valence-electron chi connectivity index (χ4n) is 2.34. The molecule has 1 aliphatic heterocycles. The third kappa shape index (κ3) is 2.79. The van der Waals surface area contributed by atoms with Crippen molar-refractivity contribution in [2.75, 3.05) is 10.6 Å². The molecule has 1 heterocycles. The second kappa shape index (κ2) is 5.52. The van der Waals surface area contributed by atoms with Crippen LogP contribution in [0.1, 0.15) is 13.8 Å². The van der Waals surface area contributed by atoms with Crippen LogP contribution in [0.4, 0.5) is 11.4 Å². The van der Waals surface area contributed by atoms with Gasteiger partial charge in [-0.2, -0.15) is 0 Å². The molecule has 0 aliphatic carbocycles. The highest BCUT2D eigenvalue weighted by Gasteiger charge is 2.23. The summed E-state index contributed by atoms with van der Waals surface area (Å²) in [6.45, 7) is 3.19. The molecule has 22 heavy (non-hydrogen) atoms. The first-order valence-corrected chi connectivity index (χ1v) is 7.02. The normalized spacial score (nSPS) is 16.3. The van der Waals surface area contributed by atoms with E-state index in [1.165, 1.54) is 6.92 Å². The van der Waals surface area contributed by atoms with Gasteiger partial charge in [-0.3, -0.25) is 9.59 Å². The highest BCUT2D eigenvalue weighted by Crippen LogP contribution is 2.34. The van der Waals surface area contributed by atoms with Gasteiger partial charge in [-0.25, -0.2) is 0 Å². The molecule has 0 fully saturated rings. The molecule has 5 nitrogen and oxygen atoms in total. The largest absolute Gasteiger partial charge is 0.479 e. The van der Waals surface area contributed by atoms with Crippen LogP contribution < -0.4 is 15.4 Å². The number of amides is 2. The molecule has 1 unspecified atom stereocenters. The molecule has 0 spiro atoms. The number of rotatable bonds is 2. The van der Waals surface area contributed by atoms with E-state index in [4.69, 9.17) is 4.74 Å². The maximum absolute atomic E-state index is 11.7. The Balaban J connectivity index is 1.88. The summed E-state index contributed by atoms with van der Waals surface area (Å²) in [6.07, 6.45) is -0.477. The van der Waals surface area contributed by atoms with Gasteiger partial charge in [-0.15, -0.1) is 0 Å². The molecule has 0 bridgehead atoms. The highest BCUT2D eigenvalue weighted by molar-refractivity contribution is 5.98. The van der Waals surface area contributed by atoms with Crippen LogP contribution in [0.3, 0.4) is 0 Å². The fraction of sp³-hybridized carbons (Fsp3) is 0.176. The van der Waals surface area contributed by atoms with Gasteiger partial charge < -0.3 is 15.4 Å². The van der Waals surface area contributed by atoms with Gasteiger partial charge in [0.2, 0.25) is 5.91 Å². The van der Waals surface area contributed by atoms with Gasteiger partial charge in [-0.1, -0.05) is 18.2 Å². The fourth-order valence-corrected chi connectivity index (χ4v) is 2.34. The first-order valence-electron chi connectivity index (χ1n) is 7.02. The molecule has 5 heteroatoms. The number of carbonyl (C=O) groups is 2. The standard InChI is InChI=1S/C17H16N2O3/c1-10-17(21)19-15-9-13(5-8-16(15)22-10)12-3-6-14(7-4-12)18-11(2)20/h3-10H,1-2H3,(H,18,20)(H,19,21). The molecule has 1 aliphatic rings. The molecular weight excluding hydrogens is 280 g/mol. The number of ether oxygens (including phenoxy) is 1. The predicted molar refractivity (Wildman–Crippen MR) is 84.9 cm³/mol. The topological polar surface area (TPSA) is 67.4 Å². The second-order valence-corrected chi connectivity index (χ2v) is 5.22. The number of carbonyl (C=O) groups excluding carboxylic acids is 2. The van der Waals surface area contributed by atoms with Crippen LogP contribution >= 0.6 is 0 Å². The molecule has 112 valence electrons. The van der Waals surface area contributed by atoms with E-state index >= 15 is 0 Å². The van der Waals surface area contributed by atoms with Gasteiger partial charge in [0.15, 0.2) is 6.10 Å². The van der Waals surface area contributed by atoms with Crippen LogP contribution in [0.15, 0.2) is 42.5 Å². The van der Waals surface area contributed by atoms with E-state index in [9.17, 15) is 9.59 Å². The smallest absolute Gasteiger partial charge is 0.265 e. The van der Waals surface area contributed by atoms with Crippen molar-refractivity contribution in [3.63, 3.8) is 0 Å². The Bertz CT molecular complexity index is 738. The van der Waals surface area contributed by atoms with Crippen molar-refractivity contribution < 1.29 is 14.3 Å². The van der Waals surface area contributed by atoms with E-state index < -0.39 is 6.10 Å². The Morgan fingerprint density at radius 1 is 1.14 bits per heavy atom. The molecule has 2 N–H and O–H groups in total. The van der Waals surface area contributed by atoms with Crippen molar-refractivity contribution >= 4 is 23.2 Å². The Morgan fingerprint density at radius 2 is 1.82 bits per heavy atom. The zero-order valence-corrected chi connectivity index (χ0v) is 12.3. The molecule has 1 atom stereocenters. The van der Waals surface area contributed by atoms with Crippen LogP contribution in [-0.2, 0) is 9.59 Å². The lowest BCUT2D eigenvalue weighted by atomic mass is 10.0. The summed E-state index contributed by atoms with van der Waals surface area (Å²) >= 11 is 0. The number of nitrogens with one attached hydrogen (secondary N) is 2. The van der Waals surface area contributed by atoms with Crippen LogP contribution in [0, 0.1) is 0 Å². The maximum atomic E-state index is 11.7. The Labute approximate surface area is 128 Å². The van der Waals surface area contributed by atoms with E-state index in [-0.39, 0.29) is 11.8 Å². The third-order valence-corrected chi connectivity index (χ3v) is 3.45. The van der Waals surface area contributed by atoms with E-state index in [1.807, 2.05) is 42.5 Å². The highest BCUT2D eigenvalue weighted by atomic mass is 16.5. The summed E-state index contributed by atoms with van der Waals surface area (Å²) in [5.74, 6) is 0.423. The Hall–Kier alpha value is -2.82. The van der Waals surface area contributed by atoms with Crippen LogP contribution in [-0.4, -0.2) is 17.9 Å². The zero-order valence-electron chi connectivity index (χ0n) is 12.3. The van der Waals surface area contributed by atoms with E-state index in [0.29, 0.717) is 11.4 Å². The van der Waals surface area contributed by atoms with Crippen LogP contribution in [0.25, 0.3) is 11.1 Å². The number of hydrogen-bond donors (Lipinski definition) is 2. The SMILES string of the molecule is CC(=O)Nc1ccc(-c2ccc3c(c2)NC(=O)C(C)O3)cc1. The molecule has 0 saturated carbocycles. The average molecular weight is 296 g/mol. The van der Waals surface area contributed by atoms with Crippen molar-refractivity contribution in [3.8, 4) is 16.9 Å². The van der Waals surface area contributed by atoms with Crippen molar-refractivity contribution in [1.82, 2.24) is 0 Å². The predicted octanol–water partition coefficient (Wildman–Crippen LogP) is 3.03. The summed E-state index contributed by atoms with van der Waals surface area (Å²) in [6, 6.07) is 13.2.